The second kappa shape index (κ2) is 4.74. The van der Waals surface area contributed by atoms with Crippen molar-refractivity contribution in [1.82, 2.24) is 4.98 Å². The summed E-state index contributed by atoms with van der Waals surface area (Å²) in [5.41, 5.74) is 3.01. The summed E-state index contributed by atoms with van der Waals surface area (Å²) in [6, 6.07) is 7.82. The number of rotatable bonds is 2. The van der Waals surface area contributed by atoms with Crippen molar-refractivity contribution < 1.29 is 9.47 Å². The molecule has 0 saturated heterocycles. The van der Waals surface area contributed by atoms with Crippen LogP contribution >= 0.6 is 15.9 Å². The van der Waals surface area contributed by atoms with E-state index in [1.54, 1.807) is 0 Å². The molecule has 0 aliphatic carbocycles. The van der Waals surface area contributed by atoms with Gasteiger partial charge in [0.2, 0.25) is 6.79 Å². The maximum atomic E-state index is 5.38. The van der Waals surface area contributed by atoms with E-state index in [0.29, 0.717) is 0 Å². The third kappa shape index (κ3) is 2.38. The van der Waals surface area contributed by atoms with Crippen molar-refractivity contribution in [2.45, 2.75) is 13.8 Å². The first-order chi connectivity index (χ1) is 9.13. The van der Waals surface area contributed by atoms with Crippen molar-refractivity contribution in [3.05, 3.63) is 40.0 Å². The van der Waals surface area contributed by atoms with E-state index in [4.69, 9.17) is 9.47 Å². The standard InChI is InChI=1S/C14H13BrN2O2/c1-8-5-12-13(19-7-18-12)6-11(8)17-14-4-3-10(15)9(2)16-14/h3-6H,7H2,1-2H3,(H,16,17). The molecule has 0 atom stereocenters. The van der Waals surface area contributed by atoms with E-state index in [9.17, 15) is 0 Å². The first-order valence-corrected chi connectivity index (χ1v) is 6.73. The molecule has 98 valence electrons. The lowest BCUT2D eigenvalue weighted by Crippen LogP contribution is -1.97. The van der Waals surface area contributed by atoms with Crippen LogP contribution in [0, 0.1) is 13.8 Å². The van der Waals surface area contributed by atoms with Crippen molar-refractivity contribution in [3.63, 3.8) is 0 Å². The maximum Gasteiger partial charge on any atom is 0.231 e. The van der Waals surface area contributed by atoms with Crippen LogP contribution in [0.3, 0.4) is 0 Å². The number of hydrogen-bond donors (Lipinski definition) is 1. The predicted molar refractivity (Wildman–Crippen MR) is 77.3 cm³/mol. The smallest absolute Gasteiger partial charge is 0.231 e. The van der Waals surface area contributed by atoms with Crippen molar-refractivity contribution in [1.29, 1.82) is 0 Å². The van der Waals surface area contributed by atoms with E-state index in [1.165, 1.54) is 0 Å². The highest BCUT2D eigenvalue weighted by molar-refractivity contribution is 9.10. The molecule has 1 aliphatic rings. The van der Waals surface area contributed by atoms with Crippen LogP contribution in [-0.4, -0.2) is 11.8 Å². The Morgan fingerprint density at radius 3 is 2.63 bits per heavy atom. The topological polar surface area (TPSA) is 43.4 Å². The van der Waals surface area contributed by atoms with Gasteiger partial charge < -0.3 is 14.8 Å². The number of nitrogens with one attached hydrogen (secondary N) is 1. The van der Waals surface area contributed by atoms with Crippen LogP contribution in [0.2, 0.25) is 0 Å². The second-order valence-corrected chi connectivity index (χ2v) is 5.26. The molecule has 1 aromatic carbocycles. The van der Waals surface area contributed by atoms with Crippen molar-refractivity contribution in [2.75, 3.05) is 12.1 Å². The first kappa shape index (κ1) is 12.3. The zero-order valence-electron chi connectivity index (χ0n) is 10.7. The van der Waals surface area contributed by atoms with Crippen molar-refractivity contribution in [3.8, 4) is 11.5 Å². The molecular weight excluding hydrogens is 308 g/mol. The van der Waals surface area contributed by atoms with Crippen LogP contribution in [-0.2, 0) is 0 Å². The number of ether oxygens (including phenoxy) is 2. The first-order valence-electron chi connectivity index (χ1n) is 5.94. The number of nitrogens with zero attached hydrogens (tertiary/aromatic N) is 1. The Kier molecular flexibility index (Phi) is 3.06. The van der Waals surface area contributed by atoms with E-state index >= 15 is 0 Å². The lowest BCUT2D eigenvalue weighted by molar-refractivity contribution is 0.174. The Bertz CT molecular complexity index is 644. The lowest BCUT2D eigenvalue weighted by Gasteiger charge is -2.11. The molecule has 0 saturated carbocycles. The van der Waals surface area contributed by atoms with E-state index in [-0.39, 0.29) is 6.79 Å². The fraction of sp³-hybridized carbons (Fsp3) is 0.214. The molecule has 0 bridgehead atoms. The predicted octanol–water partition coefficient (Wildman–Crippen LogP) is 3.93. The van der Waals surface area contributed by atoms with Gasteiger partial charge in [0.15, 0.2) is 11.5 Å². The van der Waals surface area contributed by atoms with E-state index < -0.39 is 0 Å². The summed E-state index contributed by atoms with van der Waals surface area (Å²) in [4.78, 5) is 4.47. The molecule has 1 aliphatic heterocycles. The zero-order valence-corrected chi connectivity index (χ0v) is 12.2. The Labute approximate surface area is 119 Å². The summed E-state index contributed by atoms with van der Waals surface area (Å²) in [5.74, 6) is 2.37. The van der Waals surface area contributed by atoms with E-state index in [1.807, 2.05) is 38.1 Å². The van der Waals surface area contributed by atoms with Crippen LogP contribution in [0.1, 0.15) is 11.3 Å². The van der Waals surface area contributed by atoms with Gasteiger partial charge >= 0.3 is 0 Å². The van der Waals surface area contributed by atoms with Crippen LogP contribution in [0.4, 0.5) is 11.5 Å². The van der Waals surface area contributed by atoms with Gasteiger partial charge in [0, 0.05) is 16.2 Å². The molecule has 2 heterocycles. The van der Waals surface area contributed by atoms with Gasteiger partial charge in [-0.15, -0.1) is 0 Å². The number of aromatic nitrogens is 1. The van der Waals surface area contributed by atoms with Crippen molar-refractivity contribution >= 4 is 27.4 Å². The highest BCUT2D eigenvalue weighted by Gasteiger charge is 2.15. The zero-order chi connectivity index (χ0) is 13.4. The summed E-state index contributed by atoms with van der Waals surface area (Å²) in [5, 5.41) is 3.30. The quantitative estimate of drug-likeness (QED) is 0.910. The molecule has 0 amide bonds. The summed E-state index contributed by atoms with van der Waals surface area (Å²) in [6.07, 6.45) is 0. The Hall–Kier alpha value is -1.75. The van der Waals surface area contributed by atoms with Gasteiger partial charge in [0.25, 0.3) is 0 Å². The molecule has 0 spiro atoms. The van der Waals surface area contributed by atoms with Crippen LogP contribution in [0.15, 0.2) is 28.7 Å². The lowest BCUT2D eigenvalue weighted by atomic mass is 10.1. The van der Waals surface area contributed by atoms with Gasteiger partial charge in [-0.2, -0.15) is 0 Å². The van der Waals surface area contributed by atoms with Gasteiger partial charge in [0.1, 0.15) is 5.82 Å². The van der Waals surface area contributed by atoms with Crippen molar-refractivity contribution in [2.24, 2.45) is 0 Å². The molecule has 4 nitrogen and oxygen atoms in total. The van der Waals surface area contributed by atoms with E-state index in [0.717, 1.165) is 38.7 Å². The highest BCUT2D eigenvalue weighted by atomic mass is 79.9. The Morgan fingerprint density at radius 2 is 1.89 bits per heavy atom. The fourth-order valence-electron chi connectivity index (χ4n) is 1.93. The fourth-order valence-corrected chi connectivity index (χ4v) is 2.15. The van der Waals surface area contributed by atoms with Crippen LogP contribution < -0.4 is 14.8 Å². The normalized spacial score (nSPS) is 12.6. The summed E-state index contributed by atoms with van der Waals surface area (Å²) < 4.78 is 11.7. The van der Waals surface area contributed by atoms with Crippen LogP contribution in [0.25, 0.3) is 0 Å². The second-order valence-electron chi connectivity index (χ2n) is 4.41. The largest absolute Gasteiger partial charge is 0.454 e. The maximum absolute atomic E-state index is 5.38. The molecule has 5 heteroatoms. The third-order valence-electron chi connectivity index (χ3n) is 3.00. The molecule has 0 unspecified atom stereocenters. The average molecular weight is 321 g/mol. The van der Waals surface area contributed by atoms with Gasteiger partial charge in [-0.05, 0) is 53.5 Å². The van der Waals surface area contributed by atoms with Crippen LogP contribution in [0.5, 0.6) is 11.5 Å². The Morgan fingerprint density at radius 1 is 1.16 bits per heavy atom. The third-order valence-corrected chi connectivity index (χ3v) is 3.84. The molecule has 0 fully saturated rings. The van der Waals surface area contributed by atoms with Gasteiger partial charge in [-0.3, -0.25) is 0 Å². The number of hydrogen-bond acceptors (Lipinski definition) is 4. The molecule has 19 heavy (non-hydrogen) atoms. The molecule has 1 N–H and O–H groups in total. The van der Waals surface area contributed by atoms with Gasteiger partial charge in [-0.1, -0.05) is 0 Å². The van der Waals surface area contributed by atoms with Gasteiger partial charge in [-0.25, -0.2) is 4.98 Å². The van der Waals surface area contributed by atoms with Gasteiger partial charge in [0.05, 0.1) is 5.69 Å². The monoisotopic (exact) mass is 320 g/mol. The number of fused-ring (bicyclic) bond motifs is 1. The Balaban J connectivity index is 1.92. The number of pyridine rings is 1. The SMILES string of the molecule is Cc1cc2c(cc1Nc1ccc(Br)c(C)n1)OCO2. The van der Waals surface area contributed by atoms with E-state index in [2.05, 4.69) is 26.2 Å². The summed E-state index contributed by atoms with van der Waals surface area (Å²) >= 11 is 3.44. The minimum atomic E-state index is 0.286. The summed E-state index contributed by atoms with van der Waals surface area (Å²) in [6.45, 7) is 4.27. The average Bonchev–Trinajstić information content (AvgIpc) is 2.81. The molecular formula is C14H13BrN2O2. The summed E-state index contributed by atoms with van der Waals surface area (Å²) in [7, 11) is 0. The molecule has 3 rings (SSSR count). The highest BCUT2D eigenvalue weighted by Crippen LogP contribution is 2.37. The molecule has 0 radical (unpaired) electrons. The number of aryl methyl sites for hydroxylation is 2. The molecule has 1 aromatic heterocycles. The number of benzene rings is 1. The molecule has 2 aromatic rings. The minimum absolute atomic E-state index is 0.286. The minimum Gasteiger partial charge on any atom is -0.454 e. The number of anilines is 2. The number of halogens is 1.